The third-order valence-electron chi connectivity index (χ3n) is 12.7. The van der Waals surface area contributed by atoms with E-state index >= 15 is 0 Å². The summed E-state index contributed by atoms with van der Waals surface area (Å²) in [7, 11) is -0.775. The zero-order valence-electron chi connectivity index (χ0n) is 27.0. The van der Waals surface area contributed by atoms with Crippen molar-refractivity contribution in [2.45, 2.75) is 109 Å². The highest BCUT2D eigenvalue weighted by Gasteiger charge is 2.65. The first-order chi connectivity index (χ1) is 19.9. The van der Waals surface area contributed by atoms with Gasteiger partial charge in [0.1, 0.15) is 12.6 Å². The van der Waals surface area contributed by atoms with Crippen LogP contribution in [0.2, 0.25) is 0 Å². The molecule has 5 N–H and O–H groups in total. The maximum absolute atomic E-state index is 12.7. The van der Waals surface area contributed by atoms with E-state index in [1.54, 1.807) is 0 Å². The van der Waals surface area contributed by atoms with Gasteiger partial charge in [0.05, 0.1) is 54.8 Å². The van der Waals surface area contributed by atoms with Gasteiger partial charge in [-0.1, -0.05) is 20.8 Å². The fourth-order valence-electron chi connectivity index (χ4n) is 10.5. The molecule has 4 rings (SSSR count). The number of nitrogens with zero attached hydrogens (tertiary/aromatic N) is 1. The van der Waals surface area contributed by atoms with Gasteiger partial charge < -0.3 is 34.8 Å². The third-order valence-corrected chi connectivity index (χ3v) is 13.5. The van der Waals surface area contributed by atoms with Crippen molar-refractivity contribution >= 4 is 16.0 Å². The molecule has 250 valence electrons. The number of fused-ring (bicyclic) bond motifs is 5. The van der Waals surface area contributed by atoms with Crippen LogP contribution in [0.3, 0.4) is 0 Å². The first-order valence-corrected chi connectivity index (χ1v) is 18.2. The Kier molecular flexibility index (Phi) is 10.7. The highest BCUT2D eigenvalue weighted by Crippen LogP contribution is 2.68. The van der Waals surface area contributed by atoms with Crippen molar-refractivity contribution in [2.75, 3.05) is 39.5 Å². The number of nitrogens with one attached hydrogen (secondary N) is 1. The van der Waals surface area contributed by atoms with Crippen LogP contribution in [0.15, 0.2) is 0 Å². The van der Waals surface area contributed by atoms with Gasteiger partial charge in [0.2, 0.25) is 5.91 Å². The van der Waals surface area contributed by atoms with Gasteiger partial charge >= 0.3 is 0 Å². The Morgan fingerprint density at radius 1 is 1.07 bits per heavy atom. The van der Waals surface area contributed by atoms with E-state index in [4.69, 9.17) is 0 Å². The molecule has 0 aromatic heterocycles. The first-order valence-electron chi connectivity index (χ1n) is 16.6. The Labute approximate surface area is 259 Å². The second kappa shape index (κ2) is 13.1. The van der Waals surface area contributed by atoms with E-state index < -0.39 is 34.2 Å². The number of rotatable bonds is 12. The predicted octanol–water partition coefficient (Wildman–Crippen LogP) is 1.85. The zero-order valence-corrected chi connectivity index (χ0v) is 27.8. The average Bonchev–Trinajstić information content (AvgIpc) is 3.24. The van der Waals surface area contributed by atoms with E-state index in [1.807, 2.05) is 14.1 Å². The third kappa shape index (κ3) is 7.60. The lowest BCUT2D eigenvalue weighted by Crippen LogP contribution is -2.62. The second-order valence-corrected chi connectivity index (χ2v) is 17.4. The minimum atomic E-state index is -4.48. The molecule has 43 heavy (non-hydrogen) atoms. The van der Waals surface area contributed by atoms with E-state index in [9.17, 15) is 38.2 Å². The smallest absolute Gasteiger partial charge is 0.220 e. The van der Waals surface area contributed by atoms with Gasteiger partial charge in [-0.05, 0) is 97.7 Å². The summed E-state index contributed by atoms with van der Waals surface area (Å²) in [6.45, 7) is 8.02. The van der Waals surface area contributed by atoms with Crippen molar-refractivity contribution in [3.05, 3.63) is 0 Å². The molecule has 10 nitrogen and oxygen atoms in total. The zero-order chi connectivity index (χ0) is 32.0. The predicted molar refractivity (Wildman–Crippen MR) is 162 cm³/mol. The quantitative estimate of drug-likeness (QED) is 0.124. The van der Waals surface area contributed by atoms with Crippen LogP contribution in [0.1, 0.15) is 85.0 Å². The molecule has 11 heteroatoms. The largest absolute Gasteiger partial charge is 0.748 e. The Hall–Kier alpha value is -0.820. The summed E-state index contributed by atoms with van der Waals surface area (Å²) in [6, 6.07) is 0. The number of likely N-dealkylation sites (N-methyl/N-ethyl adjacent to an activating group) is 1. The number of quaternary nitrogens is 1. The Balaban J connectivity index is 1.27. The van der Waals surface area contributed by atoms with Gasteiger partial charge in [0.15, 0.2) is 0 Å². The lowest BCUT2D eigenvalue weighted by Gasteiger charge is -2.63. The van der Waals surface area contributed by atoms with Crippen molar-refractivity contribution in [1.29, 1.82) is 0 Å². The highest BCUT2D eigenvalue weighted by atomic mass is 32.2. The summed E-state index contributed by atoms with van der Waals surface area (Å²) in [5.41, 5.74) is -0.229. The summed E-state index contributed by atoms with van der Waals surface area (Å²) < 4.78 is 33.0. The topological polar surface area (TPSA) is 167 Å². The van der Waals surface area contributed by atoms with Crippen molar-refractivity contribution in [1.82, 2.24) is 5.32 Å². The van der Waals surface area contributed by atoms with Crippen LogP contribution in [0.25, 0.3) is 0 Å². The van der Waals surface area contributed by atoms with Crippen LogP contribution in [0.5, 0.6) is 0 Å². The molecule has 0 saturated heterocycles. The number of amides is 1. The maximum Gasteiger partial charge on any atom is 0.220 e. The fourth-order valence-corrected chi connectivity index (χ4v) is 11.0. The number of carbonyl (C=O) groups excluding carboxylic acids is 1. The van der Waals surface area contributed by atoms with E-state index in [2.05, 4.69) is 26.1 Å². The fraction of sp³-hybridized carbons (Fsp3) is 0.969. The minimum Gasteiger partial charge on any atom is -0.748 e. The molecular formula is C32H58N2O8S. The van der Waals surface area contributed by atoms with Gasteiger partial charge in [-0.15, -0.1) is 0 Å². The van der Waals surface area contributed by atoms with Crippen LogP contribution >= 0.6 is 0 Å². The molecule has 4 aliphatic rings. The highest BCUT2D eigenvalue weighted by molar-refractivity contribution is 7.85. The van der Waals surface area contributed by atoms with E-state index in [0.717, 1.165) is 44.9 Å². The summed E-state index contributed by atoms with van der Waals surface area (Å²) in [5.74, 6) is 0.749. The van der Waals surface area contributed by atoms with Gasteiger partial charge in [-0.3, -0.25) is 4.79 Å². The number of aliphatic hydroxyl groups excluding tert-OH is 4. The Morgan fingerprint density at radius 3 is 2.44 bits per heavy atom. The van der Waals surface area contributed by atoms with Gasteiger partial charge in [0.25, 0.3) is 0 Å². The molecule has 0 bridgehead atoms. The standard InChI is InChI=1S/C32H58N2O8S/c1-20(7-10-29(39)33-13-6-14-34(4,5)18-23(36)19-43(40,41)42)24-8-9-25-30-26(17-28(38)32(24,25)3)31(2)12-11-22(35)15-21(31)16-27(30)37/h20-28,30,35-38H,6-19H2,1-5H3,(H-,33,39,40,41,42)/t20-,21?,22-,23?,24-,25?,26+,27-,28+,30+,31+,32-/m1/s1. The normalized spacial score (nSPS) is 41.1. The molecule has 4 fully saturated rings. The number of hydrogen-bond donors (Lipinski definition) is 5. The average molecular weight is 631 g/mol. The first kappa shape index (κ1) is 35.0. The van der Waals surface area contributed by atoms with Crippen molar-refractivity contribution < 1.29 is 42.7 Å². The molecule has 1 amide bonds. The summed E-state index contributed by atoms with van der Waals surface area (Å²) in [6.07, 6.45) is 5.44. The van der Waals surface area contributed by atoms with Crippen LogP contribution < -0.4 is 5.32 Å². The van der Waals surface area contributed by atoms with E-state index in [1.165, 1.54) is 0 Å². The van der Waals surface area contributed by atoms with Crippen LogP contribution in [0, 0.1) is 46.3 Å². The SMILES string of the molecule is C[C@H](CCC(=O)NCCC[N+](C)(C)CC(O)CS(=O)(=O)[O-])[C@H]1CCC2[C@@H]3[C@H](O)CC4C[C@H](O)CC[C@]4(C)[C@H]3C[C@H](O)[C@@]21C. The molecule has 0 radical (unpaired) electrons. The van der Waals surface area contributed by atoms with E-state index in [-0.39, 0.29) is 59.0 Å². The summed E-state index contributed by atoms with van der Waals surface area (Å²) >= 11 is 0. The van der Waals surface area contributed by atoms with Gasteiger partial charge in [-0.2, -0.15) is 0 Å². The lowest BCUT2D eigenvalue weighted by atomic mass is 9.43. The summed E-state index contributed by atoms with van der Waals surface area (Å²) in [5, 5.41) is 46.5. The van der Waals surface area contributed by atoms with Crippen molar-refractivity contribution in [2.24, 2.45) is 46.3 Å². The second-order valence-electron chi connectivity index (χ2n) is 16.0. The molecule has 0 spiro atoms. The minimum absolute atomic E-state index is 0.0141. The van der Waals surface area contributed by atoms with Crippen molar-refractivity contribution in [3.8, 4) is 0 Å². The molecule has 0 aromatic carbocycles. The molecule has 4 saturated carbocycles. The Bertz CT molecular complexity index is 1090. The molecule has 3 unspecified atom stereocenters. The molecule has 0 heterocycles. The van der Waals surface area contributed by atoms with Crippen LogP contribution in [-0.2, 0) is 14.9 Å². The maximum atomic E-state index is 12.7. The number of aliphatic hydroxyl groups is 4. The molecule has 0 aliphatic heterocycles. The van der Waals surface area contributed by atoms with Gasteiger partial charge in [-0.25, -0.2) is 8.42 Å². The van der Waals surface area contributed by atoms with Crippen LogP contribution in [0.4, 0.5) is 0 Å². The number of hydrogen-bond acceptors (Lipinski definition) is 8. The lowest BCUT2D eigenvalue weighted by molar-refractivity contribution is -0.893. The molecular weight excluding hydrogens is 572 g/mol. The van der Waals surface area contributed by atoms with Crippen LogP contribution in [-0.4, -0.2) is 108 Å². The number of carbonyl (C=O) groups is 1. The molecule has 12 atom stereocenters. The molecule has 4 aliphatic carbocycles. The van der Waals surface area contributed by atoms with Crippen molar-refractivity contribution in [3.63, 3.8) is 0 Å². The summed E-state index contributed by atoms with van der Waals surface area (Å²) in [4.78, 5) is 12.7. The monoisotopic (exact) mass is 630 g/mol. The van der Waals surface area contributed by atoms with Gasteiger partial charge in [0, 0.05) is 19.4 Å². The Morgan fingerprint density at radius 2 is 1.77 bits per heavy atom. The molecule has 0 aromatic rings. The van der Waals surface area contributed by atoms with E-state index in [0.29, 0.717) is 42.8 Å².